The summed E-state index contributed by atoms with van der Waals surface area (Å²) in [7, 11) is 0. The summed E-state index contributed by atoms with van der Waals surface area (Å²) in [6, 6.07) is -0.445. The molecule has 90 valence electrons. The first-order valence-electron chi connectivity index (χ1n) is 5.71. The van der Waals surface area contributed by atoms with Crippen molar-refractivity contribution in [3.63, 3.8) is 0 Å². The fraction of sp³-hybridized carbons (Fsp3) is 0.545. The maximum Gasteiger partial charge on any atom is 0.251 e. The Balaban J connectivity index is 1.77. The van der Waals surface area contributed by atoms with Crippen molar-refractivity contribution in [2.24, 2.45) is 4.99 Å². The van der Waals surface area contributed by atoms with Gasteiger partial charge in [0.1, 0.15) is 5.01 Å². The van der Waals surface area contributed by atoms with E-state index in [1.54, 1.807) is 6.20 Å². The molecule has 2 aliphatic rings. The van der Waals surface area contributed by atoms with Crippen LogP contribution in [0.15, 0.2) is 16.6 Å². The lowest BCUT2D eigenvalue weighted by atomic mass is 10.1. The molecule has 1 fully saturated rings. The molecular formula is C11H13N3O2S. The minimum Gasteiger partial charge on any atom is -0.470 e. The van der Waals surface area contributed by atoms with E-state index in [0.717, 1.165) is 30.9 Å². The number of rotatable bonds is 2. The highest BCUT2D eigenvalue weighted by Crippen LogP contribution is 2.30. The Labute approximate surface area is 103 Å². The molecule has 0 saturated carbocycles. The zero-order valence-electron chi connectivity index (χ0n) is 9.28. The summed E-state index contributed by atoms with van der Waals surface area (Å²) in [4.78, 5) is 22.5. The third-order valence-electron chi connectivity index (χ3n) is 3.08. The standard InChI is InChI=1S/C11H13N3O2S/c15-11(14-4-1-2-5-14)8-9(16-7-13-8)10-12-3-6-17-10/h3,6-9H,1-2,4-5H2/t8-,9-/m1/s1. The summed E-state index contributed by atoms with van der Waals surface area (Å²) < 4.78 is 5.40. The largest absolute Gasteiger partial charge is 0.470 e. The van der Waals surface area contributed by atoms with Gasteiger partial charge in [0.2, 0.25) is 0 Å². The molecule has 17 heavy (non-hydrogen) atoms. The molecule has 0 N–H and O–H groups in total. The van der Waals surface area contributed by atoms with E-state index < -0.39 is 6.04 Å². The number of carbonyl (C=O) groups excluding carboxylic acids is 1. The van der Waals surface area contributed by atoms with Crippen molar-refractivity contribution in [1.82, 2.24) is 9.88 Å². The number of aromatic nitrogens is 1. The van der Waals surface area contributed by atoms with E-state index in [0.29, 0.717) is 0 Å². The van der Waals surface area contributed by atoms with Crippen molar-refractivity contribution in [3.8, 4) is 0 Å². The molecule has 0 unspecified atom stereocenters. The third kappa shape index (κ3) is 1.93. The van der Waals surface area contributed by atoms with Gasteiger partial charge in [0.05, 0.1) is 0 Å². The summed E-state index contributed by atoms with van der Waals surface area (Å²) in [6.45, 7) is 1.69. The van der Waals surface area contributed by atoms with Gasteiger partial charge in [-0.15, -0.1) is 11.3 Å². The van der Waals surface area contributed by atoms with Crippen LogP contribution in [0.4, 0.5) is 0 Å². The van der Waals surface area contributed by atoms with E-state index in [2.05, 4.69) is 9.98 Å². The lowest BCUT2D eigenvalue weighted by Gasteiger charge is -2.21. The summed E-state index contributed by atoms with van der Waals surface area (Å²) in [5.74, 6) is 0.0662. The van der Waals surface area contributed by atoms with Crippen molar-refractivity contribution in [2.75, 3.05) is 13.1 Å². The number of carbonyl (C=O) groups is 1. The second-order valence-electron chi connectivity index (χ2n) is 4.16. The summed E-state index contributed by atoms with van der Waals surface area (Å²) >= 11 is 1.50. The van der Waals surface area contributed by atoms with Crippen LogP contribution in [0.3, 0.4) is 0 Å². The number of amides is 1. The molecule has 1 aromatic rings. The number of ether oxygens (including phenoxy) is 1. The molecule has 2 aliphatic heterocycles. The van der Waals surface area contributed by atoms with Crippen LogP contribution in [0.1, 0.15) is 24.0 Å². The molecule has 0 aromatic carbocycles. The van der Waals surface area contributed by atoms with Gasteiger partial charge < -0.3 is 9.64 Å². The van der Waals surface area contributed by atoms with Gasteiger partial charge in [0.15, 0.2) is 18.5 Å². The zero-order valence-corrected chi connectivity index (χ0v) is 10.1. The lowest BCUT2D eigenvalue weighted by molar-refractivity contribution is -0.133. The second-order valence-corrected chi connectivity index (χ2v) is 5.08. The summed E-state index contributed by atoms with van der Waals surface area (Å²) in [5, 5.41) is 2.70. The van der Waals surface area contributed by atoms with E-state index in [9.17, 15) is 4.79 Å². The molecular weight excluding hydrogens is 238 g/mol. The smallest absolute Gasteiger partial charge is 0.251 e. The van der Waals surface area contributed by atoms with Gasteiger partial charge >= 0.3 is 0 Å². The Bertz CT molecular complexity index is 426. The van der Waals surface area contributed by atoms with Crippen LogP contribution in [0.25, 0.3) is 0 Å². The molecule has 5 nitrogen and oxygen atoms in total. The highest BCUT2D eigenvalue weighted by molar-refractivity contribution is 7.09. The fourth-order valence-corrected chi connectivity index (χ4v) is 2.91. The van der Waals surface area contributed by atoms with Crippen LogP contribution in [-0.4, -0.2) is 41.3 Å². The monoisotopic (exact) mass is 251 g/mol. The first-order valence-corrected chi connectivity index (χ1v) is 6.59. The van der Waals surface area contributed by atoms with Gasteiger partial charge in [0.25, 0.3) is 5.91 Å². The normalized spacial score (nSPS) is 27.4. The van der Waals surface area contributed by atoms with E-state index in [4.69, 9.17) is 4.74 Å². The average molecular weight is 251 g/mol. The molecule has 0 spiro atoms. The molecule has 1 saturated heterocycles. The fourth-order valence-electron chi connectivity index (χ4n) is 2.20. The molecule has 0 bridgehead atoms. The van der Waals surface area contributed by atoms with Gasteiger partial charge in [-0.1, -0.05) is 0 Å². The molecule has 2 atom stereocenters. The van der Waals surface area contributed by atoms with Gasteiger partial charge in [-0.3, -0.25) is 4.79 Å². The Hall–Kier alpha value is -1.43. The maximum absolute atomic E-state index is 12.3. The van der Waals surface area contributed by atoms with Gasteiger partial charge in [-0.05, 0) is 12.8 Å². The topological polar surface area (TPSA) is 54.8 Å². The summed E-state index contributed by atoms with van der Waals surface area (Å²) in [5.41, 5.74) is 0. The third-order valence-corrected chi connectivity index (χ3v) is 3.92. The minimum atomic E-state index is -0.445. The average Bonchev–Trinajstić information content (AvgIpc) is 3.09. The quantitative estimate of drug-likeness (QED) is 0.794. The number of hydrogen-bond acceptors (Lipinski definition) is 5. The molecule has 0 radical (unpaired) electrons. The SMILES string of the molecule is O=C([C@@H]1N=CO[C@H]1c1nccs1)N1CCCC1. The predicted molar refractivity (Wildman–Crippen MR) is 64.0 cm³/mol. The van der Waals surface area contributed by atoms with Crippen LogP contribution < -0.4 is 0 Å². The van der Waals surface area contributed by atoms with Gasteiger partial charge in [0, 0.05) is 24.7 Å². The Morgan fingerprint density at radius 3 is 3.00 bits per heavy atom. The molecule has 6 heteroatoms. The minimum absolute atomic E-state index is 0.0662. The van der Waals surface area contributed by atoms with E-state index in [1.165, 1.54) is 17.7 Å². The van der Waals surface area contributed by atoms with E-state index in [-0.39, 0.29) is 12.0 Å². The van der Waals surface area contributed by atoms with Crippen LogP contribution in [-0.2, 0) is 9.53 Å². The van der Waals surface area contributed by atoms with E-state index in [1.807, 2.05) is 10.3 Å². The number of aliphatic imine (C=N–C) groups is 1. The van der Waals surface area contributed by atoms with Crippen molar-refractivity contribution in [2.45, 2.75) is 25.0 Å². The number of hydrogen-bond donors (Lipinski definition) is 0. The Kier molecular flexibility index (Phi) is 2.80. The zero-order chi connectivity index (χ0) is 11.7. The van der Waals surface area contributed by atoms with Crippen LogP contribution in [0, 0.1) is 0 Å². The first-order chi connectivity index (χ1) is 8.36. The van der Waals surface area contributed by atoms with Crippen molar-refractivity contribution < 1.29 is 9.53 Å². The molecule has 3 rings (SSSR count). The van der Waals surface area contributed by atoms with Crippen LogP contribution in [0.5, 0.6) is 0 Å². The molecule has 1 amide bonds. The predicted octanol–water partition coefficient (Wildman–Crippen LogP) is 1.23. The molecule has 0 aliphatic carbocycles. The van der Waals surface area contributed by atoms with Crippen LogP contribution in [0.2, 0.25) is 0 Å². The Morgan fingerprint density at radius 1 is 1.47 bits per heavy atom. The lowest BCUT2D eigenvalue weighted by Crippen LogP contribution is -2.38. The highest BCUT2D eigenvalue weighted by Gasteiger charge is 2.38. The highest BCUT2D eigenvalue weighted by atomic mass is 32.1. The molecule has 1 aromatic heterocycles. The summed E-state index contributed by atoms with van der Waals surface area (Å²) in [6.07, 6.45) is 4.95. The first kappa shape index (κ1) is 10.7. The van der Waals surface area contributed by atoms with Crippen molar-refractivity contribution >= 4 is 23.6 Å². The second kappa shape index (κ2) is 4.44. The van der Waals surface area contributed by atoms with Gasteiger partial charge in [-0.2, -0.15) is 0 Å². The van der Waals surface area contributed by atoms with Crippen LogP contribution >= 0.6 is 11.3 Å². The van der Waals surface area contributed by atoms with Gasteiger partial charge in [-0.25, -0.2) is 9.98 Å². The maximum atomic E-state index is 12.3. The number of thiazole rings is 1. The van der Waals surface area contributed by atoms with Crippen molar-refractivity contribution in [3.05, 3.63) is 16.6 Å². The van der Waals surface area contributed by atoms with Crippen molar-refractivity contribution in [1.29, 1.82) is 0 Å². The van der Waals surface area contributed by atoms with E-state index >= 15 is 0 Å². The Morgan fingerprint density at radius 2 is 2.29 bits per heavy atom. The molecule has 3 heterocycles. The number of nitrogens with zero attached hydrogens (tertiary/aromatic N) is 3. The number of likely N-dealkylation sites (tertiary alicyclic amines) is 1.